The number of phenolic OH excluding ortho intramolecular Hbond substituents is 1. The number of furan rings is 1. The average Bonchev–Trinajstić information content (AvgIpc) is 3.01. The summed E-state index contributed by atoms with van der Waals surface area (Å²) in [4.78, 5) is 11.8. The van der Waals surface area contributed by atoms with Gasteiger partial charge in [-0.05, 0) is 42.7 Å². The highest BCUT2D eigenvalue weighted by atomic mass is 16.3. The average molecular weight is 284 g/mol. The van der Waals surface area contributed by atoms with Crippen LogP contribution >= 0.6 is 0 Å². The predicted molar refractivity (Wildman–Crippen MR) is 78.4 cm³/mol. The van der Waals surface area contributed by atoms with Crippen LogP contribution in [0.25, 0.3) is 0 Å². The van der Waals surface area contributed by atoms with Crippen LogP contribution in [0.2, 0.25) is 0 Å². The molecule has 0 radical (unpaired) electrons. The van der Waals surface area contributed by atoms with Crippen LogP contribution in [0, 0.1) is 5.92 Å². The first-order valence-electron chi connectivity index (χ1n) is 6.85. The molecule has 1 fully saturated rings. The first-order chi connectivity index (χ1) is 10.1. The Morgan fingerprint density at radius 2 is 2.24 bits per heavy atom. The first kappa shape index (κ1) is 13.4. The number of hydrogen-bond acceptors (Lipinski definition) is 4. The second-order valence-corrected chi connectivity index (χ2v) is 5.31. The molecule has 0 bridgehead atoms. The predicted octanol–water partition coefficient (Wildman–Crippen LogP) is 2.87. The van der Waals surface area contributed by atoms with E-state index < -0.39 is 0 Å². The number of hydrogen-bond donors (Lipinski definition) is 2. The van der Waals surface area contributed by atoms with Gasteiger partial charge >= 0.3 is 0 Å². The summed E-state index contributed by atoms with van der Waals surface area (Å²) in [5, 5.41) is 13.2. The normalized spacial score (nSPS) is 20.6. The lowest BCUT2D eigenvalue weighted by molar-refractivity contribution is 0.0954. The Kier molecular flexibility index (Phi) is 3.48. The lowest BCUT2D eigenvalue weighted by Gasteiger charge is -1.99. The zero-order valence-electron chi connectivity index (χ0n) is 11.6. The minimum Gasteiger partial charge on any atom is -0.508 e. The van der Waals surface area contributed by atoms with E-state index in [1.54, 1.807) is 12.1 Å². The number of carbonyl (C=O) groups is 1. The van der Waals surface area contributed by atoms with Crippen LogP contribution in [0.15, 0.2) is 45.9 Å². The minimum absolute atomic E-state index is 0.0425. The molecule has 0 unspecified atom stereocenters. The number of aromatic hydroxyl groups is 1. The van der Waals surface area contributed by atoms with Crippen molar-refractivity contribution >= 4 is 12.1 Å². The molecule has 2 N–H and O–H groups in total. The molecule has 0 aliphatic heterocycles. The highest BCUT2D eigenvalue weighted by molar-refractivity contribution is 5.95. The molecule has 1 aliphatic rings. The van der Waals surface area contributed by atoms with Crippen molar-refractivity contribution in [2.24, 2.45) is 11.0 Å². The number of benzene rings is 1. The summed E-state index contributed by atoms with van der Waals surface area (Å²) in [7, 11) is 0. The minimum atomic E-state index is -0.384. The van der Waals surface area contributed by atoms with Crippen LogP contribution < -0.4 is 5.43 Å². The van der Waals surface area contributed by atoms with E-state index in [2.05, 4.69) is 17.5 Å². The molecule has 3 rings (SSSR count). The van der Waals surface area contributed by atoms with Crippen LogP contribution in [0.1, 0.15) is 41.1 Å². The van der Waals surface area contributed by atoms with Crippen molar-refractivity contribution in [2.45, 2.75) is 19.3 Å². The number of nitrogens with one attached hydrogen (secondary N) is 1. The quantitative estimate of drug-likeness (QED) is 0.669. The standard InChI is InChI=1S/C16H16N2O3/c1-10-7-14(10)15-6-5-13(21-15)9-17-18-16(20)11-3-2-4-12(19)8-11/h2-6,8-10,14,19H,7H2,1H3,(H,18,20)/b17-9-/t10-,14-/m1/s1. The molecular formula is C16H16N2O3. The number of nitrogens with zero attached hydrogens (tertiary/aromatic N) is 1. The number of carbonyl (C=O) groups excluding carboxylic acids is 1. The molecule has 21 heavy (non-hydrogen) atoms. The van der Waals surface area contributed by atoms with E-state index in [4.69, 9.17) is 4.42 Å². The van der Waals surface area contributed by atoms with Crippen molar-refractivity contribution in [3.63, 3.8) is 0 Å². The van der Waals surface area contributed by atoms with E-state index in [1.165, 1.54) is 24.8 Å². The zero-order chi connectivity index (χ0) is 14.8. The number of amides is 1. The molecule has 5 heteroatoms. The highest BCUT2D eigenvalue weighted by Gasteiger charge is 2.36. The third kappa shape index (κ3) is 3.13. The molecule has 1 aliphatic carbocycles. The van der Waals surface area contributed by atoms with Crippen molar-refractivity contribution in [3.8, 4) is 5.75 Å². The van der Waals surface area contributed by atoms with Gasteiger partial charge in [0.2, 0.25) is 0 Å². The summed E-state index contributed by atoms with van der Waals surface area (Å²) in [6, 6.07) is 9.87. The summed E-state index contributed by atoms with van der Waals surface area (Å²) >= 11 is 0. The number of hydrazone groups is 1. The second kappa shape index (κ2) is 5.44. The van der Waals surface area contributed by atoms with Gasteiger partial charge < -0.3 is 9.52 Å². The third-order valence-corrected chi connectivity index (χ3v) is 3.59. The maximum absolute atomic E-state index is 11.8. The fourth-order valence-electron chi connectivity index (χ4n) is 2.22. The Morgan fingerprint density at radius 3 is 2.95 bits per heavy atom. The van der Waals surface area contributed by atoms with Crippen molar-refractivity contribution in [1.29, 1.82) is 0 Å². The van der Waals surface area contributed by atoms with Crippen LogP contribution in [0.5, 0.6) is 5.75 Å². The van der Waals surface area contributed by atoms with E-state index in [0.717, 1.165) is 5.76 Å². The molecule has 108 valence electrons. The molecule has 0 saturated heterocycles. The molecule has 1 aromatic carbocycles. The van der Waals surface area contributed by atoms with Gasteiger partial charge in [-0.1, -0.05) is 13.0 Å². The molecular weight excluding hydrogens is 268 g/mol. The molecule has 1 aromatic heterocycles. The van der Waals surface area contributed by atoms with E-state index in [0.29, 0.717) is 23.2 Å². The summed E-state index contributed by atoms with van der Waals surface area (Å²) in [5.74, 6) is 2.45. The van der Waals surface area contributed by atoms with Gasteiger partial charge in [-0.15, -0.1) is 0 Å². The number of phenols is 1. The lowest BCUT2D eigenvalue weighted by atomic mass is 10.2. The Hall–Kier alpha value is -2.56. The van der Waals surface area contributed by atoms with Gasteiger partial charge in [0.15, 0.2) is 0 Å². The van der Waals surface area contributed by atoms with Crippen LogP contribution in [-0.4, -0.2) is 17.2 Å². The monoisotopic (exact) mass is 284 g/mol. The maximum Gasteiger partial charge on any atom is 0.271 e. The first-order valence-corrected chi connectivity index (χ1v) is 6.85. The zero-order valence-corrected chi connectivity index (χ0v) is 11.6. The fraction of sp³-hybridized carbons (Fsp3) is 0.250. The van der Waals surface area contributed by atoms with E-state index in [1.807, 2.05) is 12.1 Å². The van der Waals surface area contributed by atoms with Gasteiger partial charge in [0.1, 0.15) is 17.3 Å². The summed E-state index contributed by atoms with van der Waals surface area (Å²) in [6.07, 6.45) is 2.63. The second-order valence-electron chi connectivity index (χ2n) is 5.31. The fourth-order valence-corrected chi connectivity index (χ4v) is 2.22. The van der Waals surface area contributed by atoms with Gasteiger partial charge in [-0.3, -0.25) is 4.79 Å². The van der Waals surface area contributed by atoms with Crippen molar-refractivity contribution in [1.82, 2.24) is 5.43 Å². The Labute approximate surface area is 122 Å². The van der Waals surface area contributed by atoms with Gasteiger partial charge in [-0.25, -0.2) is 5.43 Å². The van der Waals surface area contributed by atoms with E-state index >= 15 is 0 Å². The van der Waals surface area contributed by atoms with Gasteiger partial charge in [0.25, 0.3) is 5.91 Å². The smallest absolute Gasteiger partial charge is 0.271 e. The van der Waals surface area contributed by atoms with Crippen LogP contribution in [0.3, 0.4) is 0 Å². The molecule has 2 atom stereocenters. The summed E-state index contributed by atoms with van der Waals surface area (Å²) < 4.78 is 5.64. The van der Waals surface area contributed by atoms with Crippen molar-refractivity contribution in [3.05, 3.63) is 53.5 Å². The van der Waals surface area contributed by atoms with Crippen molar-refractivity contribution < 1.29 is 14.3 Å². The van der Waals surface area contributed by atoms with Crippen LogP contribution in [-0.2, 0) is 0 Å². The lowest BCUT2D eigenvalue weighted by Crippen LogP contribution is -2.17. The SMILES string of the molecule is C[C@@H]1C[C@H]1c1ccc(/C=N\NC(=O)c2cccc(O)c2)o1. The van der Waals surface area contributed by atoms with Crippen molar-refractivity contribution in [2.75, 3.05) is 0 Å². The van der Waals surface area contributed by atoms with E-state index in [-0.39, 0.29) is 11.7 Å². The largest absolute Gasteiger partial charge is 0.508 e. The van der Waals surface area contributed by atoms with Gasteiger partial charge in [0, 0.05) is 11.5 Å². The topological polar surface area (TPSA) is 74.8 Å². The van der Waals surface area contributed by atoms with Crippen LogP contribution in [0.4, 0.5) is 0 Å². The molecule has 5 nitrogen and oxygen atoms in total. The Morgan fingerprint density at radius 1 is 1.43 bits per heavy atom. The molecule has 2 aromatic rings. The molecule has 1 amide bonds. The highest BCUT2D eigenvalue weighted by Crippen LogP contribution is 2.47. The van der Waals surface area contributed by atoms with Gasteiger partial charge in [-0.2, -0.15) is 5.10 Å². The van der Waals surface area contributed by atoms with E-state index in [9.17, 15) is 9.90 Å². The molecule has 0 spiro atoms. The molecule has 1 saturated carbocycles. The maximum atomic E-state index is 11.8. The Bertz CT molecular complexity index is 690. The van der Waals surface area contributed by atoms with Gasteiger partial charge in [0.05, 0.1) is 6.21 Å². The summed E-state index contributed by atoms with van der Waals surface area (Å²) in [6.45, 7) is 2.19. The molecule has 1 heterocycles. The summed E-state index contributed by atoms with van der Waals surface area (Å²) in [5.41, 5.74) is 2.74. The number of rotatable bonds is 4. The third-order valence-electron chi connectivity index (χ3n) is 3.59. The Balaban J connectivity index is 1.59.